The molecule has 0 heterocycles. The molecule has 1 aromatic carbocycles. The number of phenolic OH excluding ortho intramolecular Hbond substituents is 1. The van der Waals surface area contributed by atoms with Crippen molar-refractivity contribution < 1.29 is 14.3 Å². The summed E-state index contributed by atoms with van der Waals surface area (Å²) < 4.78 is 13.1. The van der Waals surface area contributed by atoms with Gasteiger partial charge < -0.3 is 15.7 Å². The SMILES string of the molecule is CCCN(CC(N)=S)C(=O)c1cc(F)ccc1O. The molecule has 0 aromatic heterocycles. The third kappa shape index (κ3) is 3.66. The van der Waals surface area contributed by atoms with Crippen molar-refractivity contribution in [3.63, 3.8) is 0 Å². The van der Waals surface area contributed by atoms with Crippen LogP contribution < -0.4 is 5.73 Å². The summed E-state index contributed by atoms with van der Waals surface area (Å²) in [6, 6.07) is 3.23. The number of phenols is 1. The molecule has 0 aliphatic carbocycles. The molecular weight excluding hydrogens is 255 g/mol. The van der Waals surface area contributed by atoms with E-state index >= 15 is 0 Å². The van der Waals surface area contributed by atoms with Crippen LogP contribution in [0.4, 0.5) is 4.39 Å². The molecule has 0 unspecified atom stereocenters. The average molecular weight is 270 g/mol. The fourth-order valence-corrected chi connectivity index (χ4v) is 1.72. The molecule has 0 spiro atoms. The molecule has 4 nitrogen and oxygen atoms in total. The van der Waals surface area contributed by atoms with E-state index in [-0.39, 0.29) is 22.8 Å². The van der Waals surface area contributed by atoms with Crippen LogP contribution in [0.3, 0.4) is 0 Å². The van der Waals surface area contributed by atoms with Crippen LogP contribution in [0.2, 0.25) is 0 Å². The number of nitrogens with two attached hydrogens (primary N) is 1. The van der Waals surface area contributed by atoms with Gasteiger partial charge in [-0.25, -0.2) is 4.39 Å². The van der Waals surface area contributed by atoms with Crippen LogP contribution in [0.15, 0.2) is 18.2 Å². The molecule has 98 valence electrons. The monoisotopic (exact) mass is 270 g/mol. The van der Waals surface area contributed by atoms with Crippen LogP contribution in [0.25, 0.3) is 0 Å². The van der Waals surface area contributed by atoms with Gasteiger partial charge in [-0.15, -0.1) is 0 Å². The van der Waals surface area contributed by atoms with Crippen LogP contribution in [0.1, 0.15) is 23.7 Å². The highest BCUT2D eigenvalue weighted by Crippen LogP contribution is 2.19. The molecule has 1 aromatic rings. The topological polar surface area (TPSA) is 66.6 Å². The quantitative estimate of drug-likeness (QED) is 0.799. The van der Waals surface area contributed by atoms with Crippen LogP contribution in [0.5, 0.6) is 5.75 Å². The van der Waals surface area contributed by atoms with Crippen molar-refractivity contribution in [2.75, 3.05) is 13.1 Å². The lowest BCUT2D eigenvalue weighted by molar-refractivity contribution is 0.0776. The summed E-state index contributed by atoms with van der Waals surface area (Å²) in [6.45, 7) is 2.44. The third-order valence-electron chi connectivity index (χ3n) is 2.32. The molecule has 1 rings (SSSR count). The average Bonchev–Trinajstić information content (AvgIpc) is 2.30. The molecule has 0 radical (unpaired) electrons. The van der Waals surface area contributed by atoms with Gasteiger partial charge in [-0.2, -0.15) is 0 Å². The van der Waals surface area contributed by atoms with Gasteiger partial charge in [0, 0.05) is 6.54 Å². The molecule has 0 aliphatic rings. The van der Waals surface area contributed by atoms with Crippen LogP contribution in [0, 0.1) is 5.82 Å². The zero-order valence-electron chi connectivity index (χ0n) is 10.0. The summed E-state index contributed by atoms with van der Waals surface area (Å²) in [4.78, 5) is 13.7. The second-order valence-corrected chi connectivity index (χ2v) is 4.38. The van der Waals surface area contributed by atoms with E-state index in [0.29, 0.717) is 13.0 Å². The molecule has 6 heteroatoms. The fraction of sp³-hybridized carbons (Fsp3) is 0.333. The number of hydrogen-bond acceptors (Lipinski definition) is 3. The van der Waals surface area contributed by atoms with Gasteiger partial charge in [-0.1, -0.05) is 19.1 Å². The number of carbonyl (C=O) groups excluding carboxylic acids is 1. The van der Waals surface area contributed by atoms with E-state index in [1.807, 2.05) is 6.92 Å². The lowest BCUT2D eigenvalue weighted by atomic mass is 10.1. The van der Waals surface area contributed by atoms with E-state index in [4.69, 9.17) is 18.0 Å². The van der Waals surface area contributed by atoms with Gasteiger partial charge in [0.15, 0.2) is 0 Å². The Labute approximate surface area is 110 Å². The highest BCUT2D eigenvalue weighted by molar-refractivity contribution is 7.80. The number of amides is 1. The van der Waals surface area contributed by atoms with Crippen molar-refractivity contribution in [1.29, 1.82) is 0 Å². The van der Waals surface area contributed by atoms with Gasteiger partial charge in [0.05, 0.1) is 17.1 Å². The Bertz CT molecular complexity index is 465. The summed E-state index contributed by atoms with van der Waals surface area (Å²) in [6.07, 6.45) is 0.713. The standard InChI is InChI=1S/C12H15FN2O2S/c1-2-5-15(7-11(14)18)12(17)9-6-8(13)3-4-10(9)16/h3-4,6,16H,2,5,7H2,1H3,(H2,14,18). The van der Waals surface area contributed by atoms with Gasteiger partial charge in [0.25, 0.3) is 5.91 Å². The number of benzene rings is 1. The summed E-state index contributed by atoms with van der Waals surface area (Å²) in [5.74, 6) is -1.32. The molecule has 0 atom stereocenters. The number of hydrogen-bond donors (Lipinski definition) is 2. The third-order valence-corrected chi connectivity index (χ3v) is 2.45. The highest BCUT2D eigenvalue weighted by atomic mass is 32.1. The van der Waals surface area contributed by atoms with E-state index in [1.165, 1.54) is 4.90 Å². The van der Waals surface area contributed by atoms with Crippen molar-refractivity contribution in [2.45, 2.75) is 13.3 Å². The van der Waals surface area contributed by atoms with Crippen LogP contribution in [-0.2, 0) is 0 Å². The molecule has 3 N–H and O–H groups in total. The van der Waals surface area contributed by atoms with E-state index in [0.717, 1.165) is 18.2 Å². The first-order chi connectivity index (χ1) is 8.45. The minimum atomic E-state index is -0.581. The lowest BCUT2D eigenvalue weighted by Gasteiger charge is -2.21. The Hall–Kier alpha value is -1.69. The van der Waals surface area contributed by atoms with Crippen LogP contribution >= 0.6 is 12.2 Å². The predicted octanol–water partition coefficient (Wildman–Crippen LogP) is 1.67. The maximum Gasteiger partial charge on any atom is 0.258 e. The largest absolute Gasteiger partial charge is 0.507 e. The highest BCUT2D eigenvalue weighted by Gasteiger charge is 2.19. The Morgan fingerprint density at radius 1 is 1.56 bits per heavy atom. The van der Waals surface area contributed by atoms with Crippen LogP contribution in [-0.4, -0.2) is 34.0 Å². The first-order valence-corrected chi connectivity index (χ1v) is 5.92. The molecule has 18 heavy (non-hydrogen) atoms. The Kier molecular flexibility index (Phi) is 5.03. The Morgan fingerprint density at radius 2 is 2.22 bits per heavy atom. The minimum absolute atomic E-state index is 0.0836. The number of carbonyl (C=O) groups is 1. The number of nitrogens with zero attached hydrogens (tertiary/aromatic N) is 1. The first-order valence-electron chi connectivity index (χ1n) is 5.51. The van der Waals surface area contributed by atoms with Gasteiger partial charge in [0.2, 0.25) is 0 Å². The molecule has 0 fully saturated rings. The zero-order chi connectivity index (χ0) is 13.7. The minimum Gasteiger partial charge on any atom is -0.507 e. The Balaban J connectivity index is 3.01. The summed E-state index contributed by atoms with van der Waals surface area (Å²) in [5, 5.41) is 9.58. The second-order valence-electron chi connectivity index (χ2n) is 3.85. The first kappa shape index (κ1) is 14.4. The van der Waals surface area contributed by atoms with Crippen molar-refractivity contribution in [3.8, 4) is 5.75 Å². The molecule has 0 aliphatic heterocycles. The predicted molar refractivity (Wildman–Crippen MR) is 71.0 cm³/mol. The van der Waals surface area contributed by atoms with Gasteiger partial charge in [-0.3, -0.25) is 4.79 Å². The maximum atomic E-state index is 13.1. The second kappa shape index (κ2) is 6.30. The molecule has 0 bridgehead atoms. The van der Waals surface area contributed by atoms with Crippen molar-refractivity contribution in [1.82, 2.24) is 4.90 Å². The molecular formula is C12H15FN2O2S. The van der Waals surface area contributed by atoms with Gasteiger partial charge in [-0.05, 0) is 24.6 Å². The van der Waals surface area contributed by atoms with Crippen molar-refractivity contribution in [2.24, 2.45) is 5.73 Å². The lowest BCUT2D eigenvalue weighted by Crippen LogP contribution is -2.38. The van der Waals surface area contributed by atoms with Gasteiger partial charge >= 0.3 is 0 Å². The maximum absolute atomic E-state index is 13.1. The van der Waals surface area contributed by atoms with E-state index in [2.05, 4.69) is 0 Å². The smallest absolute Gasteiger partial charge is 0.258 e. The molecule has 1 amide bonds. The summed E-state index contributed by atoms with van der Waals surface area (Å²) in [7, 11) is 0. The summed E-state index contributed by atoms with van der Waals surface area (Å²) in [5.41, 5.74) is 5.32. The normalized spacial score (nSPS) is 10.1. The number of aromatic hydroxyl groups is 1. The molecule has 0 saturated carbocycles. The van der Waals surface area contributed by atoms with Crippen molar-refractivity contribution in [3.05, 3.63) is 29.6 Å². The zero-order valence-corrected chi connectivity index (χ0v) is 10.8. The number of thiocarbonyl (C=S) groups is 1. The van der Waals surface area contributed by atoms with E-state index < -0.39 is 11.7 Å². The number of rotatable bonds is 5. The van der Waals surface area contributed by atoms with Gasteiger partial charge in [0.1, 0.15) is 11.6 Å². The van der Waals surface area contributed by atoms with Crippen molar-refractivity contribution >= 4 is 23.1 Å². The Morgan fingerprint density at radius 3 is 2.78 bits per heavy atom. The molecule has 0 saturated heterocycles. The fourth-order valence-electron chi connectivity index (χ4n) is 1.56. The summed E-state index contributed by atoms with van der Waals surface area (Å²) >= 11 is 4.76. The number of halogens is 1. The van der Waals surface area contributed by atoms with E-state index in [9.17, 15) is 14.3 Å². The van der Waals surface area contributed by atoms with E-state index in [1.54, 1.807) is 0 Å².